The minimum absolute atomic E-state index is 0.150. The lowest BCUT2D eigenvalue weighted by atomic mass is 10.1. The SMILES string of the molecule is O=C1C[C@@H](N2CCN(S(=O)(=O)c3ccc(Cl)cc3)CC2)C(=O)N1CCc1ccccc1. The molecule has 2 fully saturated rings. The molecule has 1 atom stereocenters. The zero-order chi connectivity index (χ0) is 22.0. The van der Waals surface area contributed by atoms with Crippen LogP contribution in [-0.4, -0.2) is 73.1 Å². The molecule has 2 saturated heterocycles. The predicted molar refractivity (Wildman–Crippen MR) is 117 cm³/mol. The minimum Gasteiger partial charge on any atom is -0.289 e. The summed E-state index contributed by atoms with van der Waals surface area (Å²) in [5.74, 6) is -0.350. The van der Waals surface area contributed by atoms with Crippen molar-refractivity contribution in [3.05, 3.63) is 65.2 Å². The Morgan fingerprint density at radius 1 is 0.903 bits per heavy atom. The molecule has 0 aromatic heterocycles. The molecule has 2 amide bonds. The Balaban J connectivity index is 1.36. The average Bonchev–Trinajstić information content (AvgIpc) is 3.07. The zero-order valence-corrected chi connectivity index (χ0v) is 18.6. The van der Waals surface area contributed by atoms with E-state index in [9.17, 15) is 18.0 Å². The average molecular weight is 462 g/mol. The highest BCUT2D eigenvalue weighted by atomic mass is 35.5. The minimum atomic E-state index is -3.61. The van der Waals surface area contributed by atoms with Crippen molar-refractivity contribution in [1.29, 1.82) is 0 Å². The first-order valence-corrected chi connectivity index (χ1v) is 12.1. The number of imide groups is 1. The molecular formula is C22H24ClN3O4S. The van der Waals surface area contributed by atoms with Crippen LogP contribution in [0.3, 0.4) is 0 Å². The third-order valence-corrected chi connectivity index (χ3v) is 8.02. The molecule has 0 N–H and O–H groups in total. The van der Waals surface area contributed by atoms with Crippen LogP contribution in [0.4, 0.5) is 0 Å². The number of sulfonamides is 1. The molecule has 2 aliphatic rings. The second-order valence-corrected chi connectivity index (χ2v) is 10.1. The number of amides is 2. The van der Waals surface area contributed by atoms with Crippen LogP contribution in [0.5, 0.6) is 0 Å². The summed E-state index contributed by atoms with van der Waals surface area (Å²) in [6.45, 7) is 1.72. The number of benzene rings is 2. The molecule has 31 heavy (non-hydrogen) atoms. The predicted octanol–water partition coefficient (Wildman–Crippen LogP) is 2.02. The molecule has 0 unspecified atom stereocenters. The monoisotopic (exact) mass is 461 g/mol. The molecule has 2 aromatic carbocycles. The van der Waals surface area contributed by atoms with Gasteiger partial charge in [-0.15, -0.1) is 0 Å². The number of piperazine rings is 1. The van der Waals surface area contributed by atoms with E-state index in [1.807, 2.05) is 35.2 Å². The normalized spacial score (nSPS) is 21.1. The molecule has 0 radical (unpaired) electrons. The topological polar surface area (TPSA) is 78.0 Å². The molecule has 0 aliphatic carbocycles. The van der Waals surface area contributed by atoms with Gasteiger partial charge in [0.1, 0.15) is 0 Å². The van der Waals surface area contributed by atoms with E-state index in [0.717, 1.165) is 5.56 Å². The van der Waals surface area contributed by atoms with E-state index < -0.39 is 16.1 Å². The summed E-state index contributed by atoms with van der Waals surface area (Å²) in [6.07, 6.45) is 0.774. The Morgan fingerprint density at radius 2 is 1.55 bits per heavy atom. The van der Waals surface area contributed by atoms with E-state index in [1.165, 1.54) is 21.3 Å². The summed E-state index contributed by atoms with van der Waals surface area (Å²) in [6, 6.07) is 15.3. The van der Waals surface area contributed by atoms with Gasteiger partial charge in [-0.25, -0.2) is 8.42 Å². The molecule has 0 bridgehead atoms. The Kier molecular flexibility index (Phi) is 6.43. The summed E-state index contributed by atoms with van der Waals surface area (Å²) in [5, 5.41) is 0.477. The maximum absolute atomic E-state index is 12.9. The largest absolute Gasteiger partial charge is 0.289 e. The molecule has 0 spiro atoms. The first-order valence-electron chi connectivity index (χ1n) is 10.2. The molecule has 9 heteroatoms. The van der Waals surface area contributed by atoms with Gasteiger partial charge in [-0.3, -0.25) is 19.4 Å². The summed E-state index contributed by atoms with van der Waals surface area (Å²) in [7, 11) is -3.61. The quantitative estimate of drug-likeness (QED) is 0.615. The van der Waals surface area contributed by atoms with Gasteiger partial charge in [0.05, 0.1) is 17.4 Å². The standard InChI is InChI=1S/C22H24ClN3O4S/c23-18-6-8-19(9-7-18)31(29,30)25-14-12-24(13-15-25)20-16-21(27)26(22(20)28)11-10-17-4-2-1-3-5-17/h1-9,20H,10-16H2/t20-/m1/s1. The van der Waals surface area contributed by atoms with Crippen molar-refractivity contribution in [2.45, 2.75) is 23.8 Å². The van der Waals surface area contributed by atoms with Gasteiger partial charge in [0, 0.05) is 37.7 Å². The number of hydrogen-bond acceptors (Lipinski definition) is 5. The van der Waals surface area contributed by atoms with Gasteiger partial charge in [-0.05, 0) is 36.2 Å². The summed E-state index contributed by atoms with van der Waals surface area (Å²) in [4.78, 5) is 28.8. The van der Waals surface area contributed by atoms with E-state index in [2.05, 4.69) is 0 Å². The summed E-state index contributed by atoms with van der Waals surface area (Å²) in [5.41, 5.74) is 1.08. The zero-order valence-electron chi connectivity index (χ0n) is 17.0. The fourth-order valence-corrected chi connectivity index (χ4v) is 5.63. The highest BCUT2D eigenvalue weighted by Crippen LogP contribution is 2.24. The van der Waals surface area contributed by atoms with Crippen LogP contribution in [0.15, 0.2) is 59.5 Å². The van der Waals surface area contributed by atoms with Gasteiger partial charge in [0.25, 0.3) is 0 Å². The number of rotatable bonds is 6. The maximum Gasteiger partial charge on any atom is 0.247 e. The van der Waals surface area contributed by atoms with E-state index in [-0.39, 0.29) is 36.2 Å². The van der Waals surface area contributed by atoms with Crippen LogP contribution in [0, 0.1) is 0 Å². The van der Waals surface area contributed by atoms with Crippen LogP contribution in [0.1, 0.15) is 12.0 Å². The fraction of sp³-hybridized carbons (Fsp3) is 0.364. The van der Waals surface area contributed by atoms with Crippen molar-refractivity contribution >= 4 is 33.4 Å². The lowest BCUT2D eigenvalue weighted by Gasteiger charge is -2.36. The van der Waals surface area contributed by atoms with E-state index >= 15 is 0 Å². The number of hydrogen-bond donors (Lipinski definition) is 0. The number of halogens is 1. The Bertz CT molecular complexity index is 1050. The van der Waals surface area contributed by atoms with Crippen LogP contribution < -0.4 is 0 Å². The number of carbonyl (C=O) groups is 2. The molecule has 7 nitrogen and oxygen atoms in total. The summed E-state index contributed by atoms with van der Waals surface area (Å²) >= 11 is 5.86. The second kappa shape index (κ2) is 9.08. The Hall–Kier alpha value is -2.26. The third-order valence-electron chi connectivity index (χ3n) is 5.85. The van der Waals surface area contributed by atoms with Crippen LogP contribution in [-0.2, 0) is 26.0 Å². The van der Waals surface area contributed by atoms with Crippen molar-refractivity contribution in [2.75, 3.05) is 32.7 Å². The first kappa shape index (κ1) is 22.0. The molecule has 0 saturated carbocycles. The summed E-state index contributed by atoms with van der Waals surface area (Å²) < 4.78 is 27.1. The van der Waals surface area contributed by atoms with Gasteiger partial charge in [-0.1, -0.05) is 41.9 Å². The van der Waals surface area contributed by atoms with Crippen molar-refractivity contribution in [1.82, 2.24) is 14.1 Å². The lowest BCUT2D eigenvalue weighted by molar-refractivity contribution is -0.139. The fourth-order valence-electron chi connectivity index (χ4n) is 4.08. The number of carbonyl (C=O) groups excluding carboxylic acids is 2. The van der Waals surface area contributed by atoms with Gasteiger partial charge >= 0.3 is 0 Å². The highest BCUT2D eigenvalue weighted by molar-refractivity contribution is 7.89. The molecule has 2 heterocycles. The van der Waals surface area contributed by atoms with Crippen molar-refractivity contribution in [2.24, 2.45) is 0 Å². The third kappa shape index (κ3) is 4.67. The van der Waals surface area contributed by atoms with E-state index in [4.69, 9.17) is 11.6 Å². The number of likely N-dealkylation sites (tertiary alicyclic amines) is 1. The maximum atomic E-state index is 12.9. The van der Waals surface area contributed by atoms with Crippen LogP contribution in [0.25, 0.3) is 0 Å². The van der Waals surface area contributed by atoms with Gasteiger partial charge in [-0.2, -0.15) is 4.31 Å². The first-order chi connectivity index (χ1) is 14.9. The van der Waals surface area contributed by atoms with E-state index in [0.29, 0.717) is 31.1 Å². The molecule has 2 aromatic rings. The van der Waals surface area contributed by atoms with Crippen LogP contribution >= 0.6 is 11.6 Å². The number of nitrogens with zero attached hydrogens (tertiary/aromatic N) is 3. The molecular weight excluding hydrogens is 438 g/mol. The van der Waals surface area contributed by atoms with Crippen LogP contribution in [0.2, 0.25) is 5.02 Å². The van der Waals surface area contributed by atoms with Gasteiger partial charge in [0.15, 0.2) is 0 Å². The Morgan fingerprint density at radius 3 is 2.19 bits per heavy atom. The van der Waals surface area contributed by atoms with Crippen molar-refractivity contribution in [3.8, 4) is 0 Å². The van der Waals surface area contributed by atoms with Crippen molar-refractivity contribution in [3.63, 3.8) is 0 Å². The smallest absolute Gasteiger partial charge is 0.247 e. The molecule has 164 valence electrons. The van der Waals surface area contributed by atoms with Gasteiger partial charge in [0.2, 0.25) is 21.8 Å². The van der Waals surface area contributed by atoms with Gasteiger partial charge < -0.3 is 0 Å². The molecule has 4 rings (SSSR count). The lowest BCUT2D eigenvalue weighted by Crippen LogP contribution is -2.53. The second-order valence-electron chi connectivity index (χ2n) is 7.73. The Labute approximate surface area is 187 Å². The van der Waals surface area contributed by atoms with Crippen molar-refractivity contribution < 1.29 is 18.0 Å². The highest BCUT2D eigenvalue weighted by Gasteiger charge is 2.43. The molecule has 2 aliphatic heterocycles. The van der Waals surface area contributed by atoms with E-state index in [1.54, 1.807) is 12.1 Å².